The molecule has 1 spiro atoms. The van der Waals surface area contributed by atoms with Crippen LogP contribution in [0.2, 0.25) is 0 Å². The average Bonchev–Trinajstić information content (AvgIpc) is 2.75. The number of likely N-dealkylation sites (tertiary alicyclic amines) is 1. The lowest BCUT2D eigenvalue weighted by Gasteiger charge is -2.39. The first kappa shape index (κ1) is 13.9. The molecular weight excluding hydrogens is 224 g/mol. The van der Waals surface area contributed by atoms with Gasteiger partial charge in [0.25, 0.3) is 0 Å². The molecule has 0 aromatic carbocycles. The van der Waals surface area contributed by atoms with Gasteiger partial charge in [0.2, 0.25) is 5.91 Å². The molecule has 18 heavy (non-hydrogen) atoms. The Kier molecular flexibility index (Phi) is 4.00. The van der Waals surface area contributed by atoms with Crippen LogP contribution < -0.4 is 5.32 Å². The van der Waals surface area contributed by atoms with E-state index in [0.29, 0.717) is 12.0 Å². The van der Waals surface area contributed by atoms with Crippen molar-refractivity contribution in [1.82, 2.24) is 10.2 Å². The molecule has 0 aromatic rings. The lowest BCUT2D eigenvalue weighted by Crippen LogP contribution is -2.48. The maximum absolute atomic E-state index is 12.1. The Hall–Kier alpha value is -0.570. The maximum Gasteiger partial charge on any atom is 0.236 e. The van der Waals surface area contributed by atoms with E-state index in [1.807, 2.05) is 0 Å². The van der Waals surface area contributed by atoms with E-state index in [1.54, 1.807) is 0 Å². The fraction of sp³-hybridized carbons (Fsp3) is 0.933. The molecule has 2 rings (SSSR count). The Morgan fingerprint density at radius 1 is 1.11 bits per heavy atom. The largest absolute Gasteiger partial charge is 0.342 e. The zero-order chi connectivity index (χ0) is 13.2. The number of piperidine rings is 1. The Morgan fingerprint density at radius 3 is 2.17 bits per heavy atom. The SMILES string of the molecule is CC(C)(C)NCC(=O)N1CCC2(CCCC2)CC1. The van der Waals surface area contributed by atoms with E-state index >= 15 is 0 Å². The van der Waals surface area contributed by atoms with Crippen molar-refractivity contribution < 1.29 is 4.79 Å². The fourth-order valence-electron chi connectivity index (χ4n) is 3.31. The molecule has 3 heteroatoms. The molecule has 0 radical (unpaired) electrons. The van der Waals surface area contributed by atoms with Crippen molar-refractivity contribution in [3.63, 3.8) is 0 Å². The summed E-state index contributed by atoms with van der Waals surface area (Å²) in [5.74, 6) is 0.276. The second-order valence-corrected chi connectivity index (χ2v) is 7.19. The van der Waals surface area contributed by atoms with Crippen LogP contribution in [0.25, 0.3) is 0 Å². The normalized spacial score (nSPS) is 23.6. The van der Waals surface area contributed by atoms with Crippen molar-refractivity contribution in [2.24, 2.45) is 5.41 Å². The highest BCUT2D eigenvalue weighted by Crippen LogP contribution is 2.46. The van der Waals surface area contributed by atoms with E-state index < -0.39 is 0 Å². The van der Waals surface area contributed by atoms with Gasteiger partial charge < -0.3 is 10.2 Å². The third-order valence-electron chi connectivity index (χ3n) is 4.61. The summed E-state index contributed by atoms with van der Waals surface area (Å²) in [5, 5.41) is 3.29. The first-order valence-electron chi connectivity index (χ1n) is 7.43. The van der Waals surface area contributed by atoms with Crippen LogP contribution in [0, 0.1) is 5.41 Å². The van der Waals surface area contributed by atoms with Crippen LogP contribution in [0.1, 0.15) is 59.3 Å². The van der Waals surface area contributed by atoms with Gasteiger partial charge >= 0.3 is 0 Å². The zero-order valence-electron chi connectivity index (χ0n) is 12.2. The summed E-state index contributed by atoms with van der Waals surface area (Å²) in [7, 11) is 0. The number of nitrogens with one attached hydrogen (secondary N) is 1. The summed E-state index contributed by atoms with van der Waals surface area (Å²) in [5.41, 5.74) is 0.631. The van der Waals surface area contributed by atoms with Gasteiger partial charge in [-0.15, -0.1) is 0 Å². The first-order valence-corrected chi connectivity index (χ1v) is 7.43. The standard InChI is InChI=1S/C15H28N2O/c1-14(2,3)16-12-13(18)17-10-8-15(9-11-17)6-4-5-7-15/h16H,4-12H2,1-3H3. The van der Waals surface area contributed by atoms with E-state index in [1.165, 1.54) is 38.5 Å². The lowest BCUT2D eigenvalue weighted by atomic mass is 9.77. The Labute approximate surface area is 111 Å². The monoisotopic (exact) mass is 252 g/mol. The summed E-state index contributed by atoms with van der Waals surface area (Å²) in [4.78, 5) is 14.2. The van der Waals surface area contributed by atoms with Gasteiger partial charge in [-0.2, -0.15) is 0 Å². The lowest BCUT2D eigenvalue weighted by molar-refractivity contribution is -0.132. The molecule has 2 fully saturated rings. The highest BCUT2D eigenvalue weighted by molar-refractivity contribution is 5.78. The highest BCUT2D eigenvalue weighted by atomic mass is 16.2. The fourth-order valence-corrected chi connectivity index (χ4v) is 3.31. The smallest absolute Gasteiger partial charge is 0.236 e. The number of amides is 1. The van der Waals surface area contributed by atoms with Gasteiger partial charge in [0.15, 0.2) is 0 Å². The minimum Gasteiger partial charge on any atom is -0.342 e. The van der Waals surface area contributed by atoms with E-state index in [4.69, 9.17) is 0 Å². The number of hydrogen-bond acceptors (Lipinski definition) is 2. The van der Waals surface area contributed by atoms with Crippen molar-refractivity contribution in [3.05, 3.63) is 0 Å². The van der Waals surface area contributed by atoms with Gasteiger partial charge in [0.1, 0.15) is 0 Å². The minimum atomic E-state index is 0.0259. The summed E-state index contributed by atoms with van der Waals surface area (Å²) >= 11 is 0. The van der Waals surface area contributed by atoms with Crippen molar-refractivity contribution in [3.8, 4) is 0 Å². The van der Waals surface area contributed by atoms with Gasteiger partial charge in [-0.25, -0.2) is 0 Å². The van der Waals surface area contributed by atoms with E-state index in [-0.39, 0.29) is 11.4 Å². The molecule has 0 atom stereocenters. The van der Waals surface area contributed by atoms with Crippen LogP contribution in [-0.4, -0.2) is 36.0 Å². The van der Waals surface area contributed by atoms with Crippen LogP contribution >= 0.6 is 0 Å². The van der Waals surface area contributed by atoms with E-state index in [9.17, 15) is 4.79 Å². The van der Waals surface area contributed by atoms with Crippen LogP contribution in [0.15, 0.2) is 0 Å². The summed E-state index contributed by atoms with van der Waals surface area (Å²) < 4.78 is 0. The molecule has 1 amide bonds. The summed E-state index contributed by atoms with van der Waals surface area (Å²) in [6.45, 7) is 8.74. The maximum atomic E-state index is 12.1. The zero-order valence-corrected chi connectivity index (χ0v) is 12.2. The Bertz CT molecular complexity index is 290. The number of carbonyl (C=O) groups is 1. The van der Waals surface area contributed by atoms with Crippen molar-refractivity contribution in [2.75, 3.05) is 19.6 Å². The molecule has 0 unspecified atom stereocenters. The third kappa shape index (κ3) is 3.47. The first-order chi connectivity index (χ1) is 8.40. The Balaban J connectivity index is 1.77. The van der Waals surface area contributed by atoms with Crippen molar-refractivity contribution in [2.45, 2.75) is 64.8 Å². The highest BCUT2D eigenvalue weighted by Gasteiger charge is 2.37. The molecule has 1 N–H and O–H groups in total. The topological polar surface area (TPSA) is 32.3 Å². The van der Waals surface area contributed by atoms with Gasteiger partial charge in [-0.1, -0.05) is 12.8 Å². The summed E-state index contributed by atoms with van der Waals surface area (Å²) in [6.07, 6.45) is 8.06. The molecule has 1 saturated heterocycles. The second kappa shape index (κ2) is 5.20. The average molecular weight is 252 g/mol. The molecule has 1 saturated carbocycles. The molecule has 1 heterocycles. The predicted molar refractivity (Wildman–Crippen MR) is 74.5 cm³/mol. The summed E-state index contributed by atoms with van der Waals surface area (Å²) in [6, 6.07) is 0. The van der Waals surface area contributed by atoms with Crippen molar-refractivity contribution in [1.29, 1.82) is 0 Å². The molecule has 0 bridgehead atoms. The minimum absolute atomic E-state index is 0.0259. The van der Waals surface area contributed by atoms with Gasteiger partial charge in [-0.3, -0.25) is 4.79 Å². The van der Waals surface area contributed by atoms with Crippen LogP contribution in [-0.2, 0) is 4.79 Å². The molecular formula is C15H28N2O. The van der Waals surface area contributed by atoms with Gasteiger partial charge in [0.05, 0.1) is 6.54 Å². The quantitative estimate of drug-likeness (QED) is 0.819. The Morgan fingerprint density at radius 2 is 1.67 bits per heavy atom. The van der Waals surface area contributed by atoms with Gasteiger partial charge in [-0.05, 0) is 51.9 Å². The molecule has 104 valence electrons. The molecule has 0 aromatic heterocycles. The molecule has 1 aliphatic heterocycles. The number of hydrogen-bond donors (Lipinski definition) is 1. The second-order valence-electron chi connectivity index (χ2n) is 7.19. The van der Waals surface area contributed by atoms with E-state index in [0.717, 1.165) is 13.1 Å². The molecule has 2 aliphatic rings. The predicted octanol–water partition coefficient (Wildman–Crippen LogP) is 2.56. The number of nitrogens with zero attached hydrogens (tertiary/aromatic N) is 1. The van der Waals surface area contributed by atoms with E-state index in [2.05, 4.69) is 31.0 Å². The number of carbonyl (C=O) groups excluding carboxylic acids is 1. The third-order valence-corrected chi connectivity index (χ3v) is 4.61. The van der Waals surface area contributed by atoms with Crippen LogP contribution in [0.4, 0.5) is 0 Å². The van der Waals surface area contributed by atoms with Crippen LogP contribution in [0.3, 0.4) is 0 Å². The molecule has 1 aliphatic carbocycles. The van der Waals surface area contributed by atoms with Gasteiger partial charge in [0, 0.05) is 18.6 Å². The van der Waals surface area contributed by atoms with Crippen molar-refractivity contribution >= 4 is 5.91 Å². The number of rotatable bonds is 2. The molecule has 3 nitrogen and oxygen atoms in total. The van der Waals surface area contributed by atoms with Crippen LogP contribution in [0.5, 0.6) is 0 Å².